The van der Waals surface area contributed by atoms with Crippen LogP contribution in [0.3, 0.4) is 0 Å². The number of aliphatic imine (C=N–C) groups is 1. The molecule has 0 atom stereocenters. The number of rotatable bonds is 8. The van der Waals surface area contributed by atoms with Crippen molar-refractivity contribution in [1.29, 1.82) is 0 Å². The Bertz CT molecular complexity index is 699. The van der Waals surface area contributed by atoms with Crippen molar-refractivity contribution in [1.82, 2.24) is 10.2 Å². The van der Waals surface area contributed by atoms with E-state index in [2.05, 4.69) is 45.5 Å². The molecule has 0 aromatic heterocycles. The van der Waals surface area contributed by atoms with E-state index in [-0.39, 0.29) is 0 Å². The summed E-state index contributed by atoms with van der Waals surface area (Å²) in [6, 6.07) is 16.4. The molecule has 5 nitrogen and oxygen atoms in total. The van der Waals surface area contributed by atoms with Gasteiger partial charge in [0.1, 0.15) is 5.75 Å². The summed E-state index contributed by atoms with van der Waals surface area (Å²) in [4.78, 5) is 6.50. The molecule has 0 saturated carbocycles. The first-order valence-electron chi connectivity index (χ1n) is 8.87. The number of methoxy groups -OCH3 is 1. The molecule has 26 heavy (non-hydrogen) atoms. The molecule has 0 amide bonds. The van der Waals surface area contributed by atoms with Gasteiger partial charge in [-0.3, -0.25) is 4.99 Å². The van der Waals surface area contributed by atoms with E-state index in [0.717, 1.165) is 18.3 Å². The summed E-state index contributed by atoms with van der Waals surface area (Å²) >= 11 is 0. The summed E-state index contributed by atoms with van der Waals surface area (Å²) in [6.45, 7) is 4.84. The number of hydrogen-bond donors (Lipinski definition) is 1. The highest BCUT2D eigenvalue weighted by Crippen LogP contribution is 2.13. The maximum Gasteiger partial charge on any atom is 0.193 e. The van der Waals surface area contributed by atoms with E-state index in [9.17, 15) is 0 Å². The van der Waals surface area contributed by atoms with E-state index in [4.69, 9.17) is 9.47 Å². The fourth-order valence-electron chi connectivity index (χ4n) is 2.72. The van der Waals surface area contributed by atoms with Crippen LogP contribution >= 0.6 is 0 Å². The highest BCUT2D eigenvalue weighted by molar-refractivity contribution is 5.79. The lowest BCUT2D eigenvalue weighted by Gasteiger charge is -2.23. The van der Waals surface area contributed by atoms with Gasteiger partial charge < -0.3 is 19.7 Å². The Morgan fingerprint density at radius 3 is 2.38 bits per heavy atom. The maximum absolute atomic E-state index is 5.56. The van der Waals surface area contributed by atoms with Crippen molar-refractivity contribution in [2.75, 3.05) is 27.8 Å². The predicted molar refractivity (Wildman–Crippen MR) is 106 cm³/mol. The Morgan fingerprint density at radius 2 is 1.77 bits per heavy atom. The van der Waals surface area contributed by atoms with Crippen molar-refractivity contribution in [3.8, 4) is 5.75 Å². The van der Waals surface area contributed by atoms with Crippen LogP contribution < -0.4 is 10.1 Å². The minimum absolute atomic E-state index is 0.634. The Morgan fingerprint density at radius 1 is 1.08 bits per heavy atom. The monoisotopic (exact) mass is 355 g/mol. The molecule has 0 heterocycles. The number of hydrogen-bond acceptors (Lipinski definition) is 3. The standard InChI is InChI=1S/C21H29N3O2/c1-5-26-16-19-9-7-6-8-18(19)14-23-21(22-2)24(3)15-17-10-12-20(25-4)13-11-17/h6-13H,5,14-16H2,1-4H3,(H,22,23). The fourth-order valence-corrected chi connectivity index (χ4v) is 2.72. The summed E-state index contributed by atoms with van der Waals surface area (Å²) in [7, 11) is 5.51. The van der Waals surface area contributed by atoms with Crippen LogP contribution in [0.5, 0.6) is 5.75 Å². The third-order valence-corrected chi connectivity index (χ3v) is 4.17. The van der Waals surface area contributed by atoms with E-state index in [1.54, 1.807) is 14.2 Å². The topological polar surface area (TPSA) is 46.1 Å². The van der Waals surface area contributed by atoms with Gasteiger partial charge in [-0.25, -0.2) is 0 Å². The maximum atomic E-state index is 5.56. The molecule has 0 aliphatic carbocycles. The minimum Gasteiger partial charge on any atom is -0.497 e. The molecule has 1 N–H and O–H groups in total. The molecule has 140 valence electrons. The number of ether oxygens (including phenoxy) is 2. The zero-order valence-corrected chi connectivity index (χ0v) is 16.2. The van der Waals surface area contributed by atoms with Crippen molar-refractivity contribution >= 4 is 5.96 Å². The van der Waals surface area contributed by atoms with Crippen molar-refractivity contribution in [3.05, 3.63) is 65.2 Å². The molecule has 0 aliphatic rings. The smallest absolute Gasteiger partial charge is 0.193 e. The van der Waals surface area contributed by atoms with Gasteiger partial charge >= 0.3 is 0 Å². The van der Waals surface area contributed by atoms with Gasteiger partial charge in [0.15, 0.2) is 5.96 Å². The van der Waals surface area contributed by atoms with Gasteiger partial charge in [-0.15, -0.1) is 0 Å². The summed E-state index contributed by atoms with van der Waals surface area (Å²) in [5.74, 6) is 1.72. The number of guanidine groups is 1. The van der Waals surface area contributed by atoms with Crippen LogP contribution in [0.25, 0.3) is 0 Å². The lowest BCUT2D eigenvalue weighted by Crippen LogP contribution is -2.38. The molecule has 0 spiro atoms. The summed E-state index contributed by atoms with van der Waals surface area (Å²) in [6.07, 6.45) is 0. The second-order valence-electron chi connectivity index (χ2n) is 6.01. The van der Waals surface area contributed by atoms with E-state index in [0.29, 0.717) is 19.8 Å². The Hall–Kier alpha value is -2.53. The molecule has 5 heteroatoms. The first kappa shape index (κ1) is 19.8. The lowest BCUT2D eigenvalue weighted by molar-refractivity contribution is 0.133. The second kappa shape index (κ2) is 10.5. The molecule has 2 aromatic carbocycles. The molecule has 2 aromatic rings. The zero-order chi connectivity index (χ0) is 18.8. The van der Waals surface area contributed by atoms with Gasteiger partial charge in [0.2, 0.25) is 0 Å². The van der Waals surface area contributed by atoms with Gasteiger partial charge in [0.25, 0.3) is 0 Å². The van der Waals surface area contributed by atoms with Gasteiger partial charge in [-0.2, -0.15) is 0 Å². The third kappa shape index (κ3) is 5.77. The molecular formula is C21H29N3O2. The fraction of sp³-hybridized carbons (Fsp3) is 0.381. The predicted octanol–water partition coefficient (Wildman–Crippen LogP) is 3.44. The minimum atomic E-state index is 0.634. The van der Waals surface area contributed by atoms with E-state index in [1.165, 1.54) is 16.7 Å². The van der Waals surface area contributed by atoms with E-state index in [1.807, 2.05) is 32.2 Å². The Labute approximate surface area is 156 Å². The van der Waals surface area contributed by atoms with Crippen molar-refractivity contribution in [2.45, 2.75) is 26.6 Å². The quantitative estimate of drug-likeness (QED) is 0.582. The number of benzene rings is 2. The summed E-state index contributed by atoms with van der Waals surface area (Å²) in [5.41, 5.74) is 3.63. The largest absolute Gasteiger partial charge is 0.497 e. The number of nitrogens with zero attached hydrogens (tertiary/aromatic N) is 2. The van der Waals surface area contributed by atoms with Crippen LogP contribution in [-0.2, 0) is 24.4 Å². The third-order valence-electron chi connectivity index (χ3n) is 4.17. The van der Waals surface area contributed by atoms with Gasteiger partial charge in [0.05, 0.1) is 13.7 Å². The normalized spacial score (nSPS) is 11.3. The van der Waals surface area contributed by atoms with Gasteiger partial charge in [-0.1, -0.05) is 36.4 Å². The van der Waals surface area contributed by atoms with Crippen LogP contribution in [0.2, 0.25) is 0 Å². The highest BCUT2D eigenvalue weighted by Gasteiger charge is 2.08. The van der Waals surface area contributed by atoms with Crippen LogP contribution in [0.4, 0.5) is 0 Å². The zero-order valence-electron chi connectivity index (χ0n) is 16.2. The molecule has 0 fully saturated rings. The van der Waals surface area contributed by atoms with E-state index >= 15 is 0 Å². The summed E-state index contributed by atoms with van der Waals surface area (Å²) in [5, 5.41) is 3.44. The average Bonchev–Trinajstić information content (AvgIpc) is 2.68. The average molecular weight is 355 g/mol. The van der Waals surface area contributed by atoms with E-state index < -0.39 is 0 Å². The van der Waals surface area contributed by atoms with Crippen molar-refractivity contribution in [3.63, 3.8) is 0 Å². The molecule has 0 unspecified atom stereocenters. The molecular weight excluding hydrogens is 326 g/mol. The molecule has 0 aliphatic heterocycles. The lowest BCUT2D eigenvalue weighted by atomic mass is 10.1. The Kier molecular flexibility index (Phi) is 7.96. The first-order chi connectivity index (χ1) is 12.7. The van der Waals surface area contributed by atoms with Crippen LogP contribution in [0.1, 0.15) is 23.6 Å². The summed E-state index contributed by atoms with van der Waals surface area (Å²) < 4.78 is 10.8. The van der Waals surface area contributed by atoms with Crippen LogP contribution in [-0.4, -0.2) is 38.7 Å². The molecule has 0 saturated heterocycles. The van der Waals surface area contributed by atoms with Crippen molar-refractivity contribution < 1.29 is 9.47 Å². The molecule has 2 rings (SSSR count). The van der Waals surface area contributed by atoms with Gasteiger partial charge in [-0.05, 0) is 35.7 Å². The Balaban J connectivity index is 1.96. The van der Waals surface area contributed by atoms with Crippen LogP contribution in [0, 0.1) is 0 Å². The van der Waals surface area contributed by atoms with Crippen LogP contribution in [0.15, 0.2) is 53.5 Å². The molecule has 0 radical (unpaired) electrons. The first-order valence-corrected chi connectivity index (χ1v) is 8.87. The highest BCUT2D eigenvalue weighted by atomic mass is 16.5. The SMILES string of the molecule is CCOCc1ccccc1CNC(=NC)N(C)Cc1ccc(OC)cc1. The molecule has 0 bridgehead atoms. The number of nitrogens with one attached hydrogen (secondary N) is 1. The second-order valence-corrected chi connectivity index (χ2v) is 6.01. The van der Waals surface area contributed by atoms with Gasteiger partial charge in [0, 0.05) is 33.8 Å². The van der Waals surface area contributed by atoms with Crippen molar-refractivity contribution in [2.24, 2.45) is 4.99 Å².